The number of carbonyl (C=O) groups excluding carboxylic acids is 1. The van der Waals surface area contributed by atoms with Crippen LogP contribution in [0.2, 0.25) is 0 Å². The molecular weight excluding hydrogens is 286 g/mol. The molecular formula is C14H15N5O3. The van der Waals surface area contributed by atoms with Crippen LogP contribution in [-0.4, -0.2) is 32.5 Å². The van der Waals surface area contributed by atoms with Gasteiger partial charge in [-0.2, -0.15) is 0 Å². The van der Waals surface area contributed by atoms with Crippen molar-refractivity contribution in [3.05, 3.63) is 45.6 Å². The lowest BCUT2D eigenvalue weighted by molar-refractivity contribution is 0.0746. The molecule has 0 saturated heterocycles. The Balaban J connectivity index is 1.93. The number of hydrogen-bond acceptors (Lipinski definition) is 6. The molecule has 0 unspecified atom stereocenters. The number of fused-ring (bicyclic) bond motifs is 1. The molecule has 22 heavy (non-hydrogen) atoms. The number of nitrogen functional groups attached to an aromatic ring is 1. The highest BCUT2D eigenvalue weighted by molar-refractivity contribution is 5.96. The van der Waals surface area contributed by atoms with Gasteiger partial charge in [-0.05, 0) is 0 Å². The highest BCUT2D eigenvalue weighted by atomic mass is 16.5. The minimum Gasteiger partial charge on any atom is -0.496 e. The predicted molar refractivity (Wildman–Crippen MR) is 78.3 cm³/mol. The number of nitrogens with two attached hydrogens (primary N) is 1. The second kappa shape index (κ2) is 5.14. The normalized spacial score (nSPS) is 13.1. The topological polar surface area (TPSA) is 103 Å². The molecule has 0 bridgehead atoms. The van der Waals surface area contributed by atoms with E-state index in [0.29, 0.717) is 18.7 Å². The molecule has 2 aromatic heterocycles. The molecule has 0 atom stereocenters. The van der Waals surface area contributed by atoms with Gasteiger partial charge in [-0.1, -0.05) is 0 Å². The largest absolute Gasteiger partial charge is 0.496 e. The van der Waals surface area contributed by atoms with E-state index in [1.807, 2.05) is 0 Å². The van der Waals surface area contributed by atoms with Gasteiger partial charge in [0.05, 0.1) is 24.9 Å². The van der Waals surface area contributed by atoms with Crippen LogP contribution in [0.1, 0.15) is 21.6 Å². The highest BCUT2D eigenvalue weighted by Crippen LogP contribution is 2.25. The molecule has 1 aliphatic rings. The van der Waals surface area contributed by atoms with E-state index in [1.54, 1.807) is 18.1 Å². The van der Waals surface area contributed by atoms with Gasteiger partial charge in [-0.25, -0.2) is 9.97 Å². The van der Waals surface area contributed by atoms with E-state index in [0.717, 1.165) is 11.3 Å². The molecule has 0 saturated carbocycles. The Morgan fingerprint density at radius 3 is 2.91 bits per heavy atom. The fraction of sp³-hybridized carbons (Fsp3) is 0.286. The first-order chi connectivity index (χ1) is 10.5. The summed E-state index contributed by atoms with van der Waals surface area (Å²) in [5.74, 6) is 0.214. The third-order valence-corrected chi connectivity index (χ3v) is 3.60. The molecule has 3 heterocycles. The lowest BCUT2D eigenvalue weighted by Crippen LogP contribution is -2.28. The van der Waals surface area contributed by atoms with Gasteiger partial charge in [0.1, 0.15) is 5.75 Å². The van der Waals surface area contributed by atoms with E-state index in [-0.39, 0.29) is 23.2 Å². The number of hydrogen-bond donors (Lipinski definition) is 1. The summed E-state index contributed by atoms with van der Waals surface area (Å²) < 4.78 is 6.49. The molecule has 0 fully saturated rings. The van der Waals surface area contributed by atoms with Crippen molar-refractivity contribution in [1.29, 1.82) is 0 Å². The molecule has 0 aromatic carbocycles. The van der Waals surface area contributed by atoms with Crippen molar-refractivity contribution in [2.45, 2.75) is 13.1 Å². The third-order valence-electron chi connectivity index (χ3n) is 3.60. The maximum atomic E-state index is 12.7. The molecule has 1 aliphatic heterocycles. The Morgan fingerprint density at radius 2 is 2.18 bits per heavy atom. The van der Waals surface area contributed by atoms with Crippen LogP contribution in [0.3, 0.4) is 0 Å². The number of ether oxygens (including phenoxy) is 1. The monoisotopic (exact) mass is 301 g/mol. The van der Waals surface area contributed by atoms with E-state index in [9.17, 15) is 9.59 Å². The van der Waals surface area contributed by atoms with Crippen molar-refractivity contribution in [2.75, 3.05) is 12.8 Å². The summed E-state index contributed by atoms with van der Waals surface area (Å²) in [4.78, 5) is 34.0. The fourth-order valence-electron chi connectivity index (χ4n) is 2.42. The molecule has 8 nitrogen and oxygen atoms in total. The number of amides is 1. The van der Waals surface area contributed by atoms with Crippen LogP contribution in [0, 0.1) is 0 Å². The van der Waals surface area contributed by atoms with Crippen LogP contribution in [0.25, 0.3) is 0 Å². The zero-order valence-electron chi connectivity index (χ0n) is 12.2. The van der Waals surface area contributed by atoms with Crippen molar-refractivity contribution in [1.82, 2.24) is 19.4 Å². The first-order valence-electron chi connectivity index (χ1n) is 6.64. The third kappa shape index (κ3) is 2.28. The van der Waals surface area contributed by atoms with Crippen LogP contribution in [0.5, 0.6) is 5.75 Å². The molecule has 0 spiro atoms. The second-order valence-corrected chi connectivity index (χ2v) is 5.07. The minimum absolute atomic E-state index is 0.188. The maximum Gasteiger partial charge on any atom is 0.259 e. The fourth-order valence-corrected chi connectivity index (χ4v) is 2.42. The van der Waals surface area contributed by atoms with E-state index < -0.39 is 0 Å². The average Bonchev–Trinajstić information content (AvgIpc) is 2.91. The molecule has 2 aromatic rings. The summed E-state index contributed by atoms with van der Waals surface area (Å²) in [5.41, 5.74) is 7.26. The Kier molecular flexibility index (Phi) is 3.28. The summed E-state index contributed by atoms with van der Waals surface area (Å²) >= 11 is 0. The predicted octanol–water partition coefficient (Wildman–Crippen LogP) is -0.0779. The number of rotatable bonds is 2. The summed E-state index contributed by atoms with van der Waals surface area (Å²) in [6, 6.07) is 1.30. The Morgan fingerprint density at radius 1 is 1.41 bits per heavy atom. The zero-order chi connectivity index (χ0) is 15.9. The number of carbonyl (C=O) groups is 1. The Bertz CT molecular complexity index is 815. The van der Waals surface area contributed by atoms with E-state index in [4.69, 9.17) is 10.5 Å². The van der Waals surface area contributed by atoms with Crippen molar-refractivity contribution >= 4 is 11.9 Å². The standard InChI is InChI=1S/C14H15N5O3/c1-18-6-9(11(22-2)3-12(18)20)13(21)19-5-8-4-16-14(15)17-10(8)7-19/h3-4,6H,5,7H2,1-2H3,(H2,15,16,17). The number of pyridine rings is 1. The summed E-state index contributed by atoms with van der Waals surface area (Å²) in [6.45, 7) is 0.757. The molecule has 114 valence electrons. The molecule has 1 amide bonds. The van der Waals surface area contributed by atoms with E-state index >= 15 is 0 Å². The average molecular weight is 301 g/mol. The summed E-state index contributed by atoms with van der Waals surface area (Å²) in [7, 11) is 3.01. The quantitative estimate of drug-likeness (QED) is 0.832. The van der Waals surface area contributed by atoms with Crippen LogP contribution in [-0.2, 0) is 20.1 Å². The number of nitrogens with zero attached hydrogens (tertiary/aromatic N) is 4. The van der Waals surface area contributed by atoms with Crippen LogP contribution < -0.4 is 16.0 Å². The highest BCUT2D eigenvalue weighted by Gasteiger charge is 2.28. The Hall–Kier alpha value is -2.90. The van der Waals surface area contributed by atoms with Crippen molar-refractivity contribution in [3.8, 4) is 5.75 Å². The maximum absolute atomic E-state index is 12.7. The van der Waals surface area contributed by atoms with Crippen LogP contribution in [0.15, 0.2) is 23.3 Å². The number of aromatic nitrogens is 3. The SMILES string of the molecule is COc1cc(=O)n(C)cc1C(=O)N1Cc2cnc(N)nc2C1. The summed E-state index contributed by atoms with van der Waals surface area (Å²) in [6.07, 6.45) is 3.11. The van der Waals surface area contributed by atoms with Gasteiger partial charge in [0, 0.05) is 37.6 Å². The molecule has 0 aliphatic carbocycles. The Labute approximate surface area is 126 Å². The first-order valence-corrected chi connectivity index (χ1v) is 6.64. The van der Waals surface area contributed by atoms with Crippen molar-refractivity contribution in [3.63, 3.8) is 0 Å². The van der Waals surface area contributed by atoms with Gasteiger partial charge in [-0.3, -0.25) is 9.59 Å². The molecule has 8 heteroatoms. The lowest BCUT2D eigenvalue weighted by Gasteiger charge is -2.17. The first kappa shape index (κ1) is 14.1. The minimum atomic E-state index is -0.239. The number of methoxy groups -OCH3 is 1. The zero-order valence-corrected chi connectivity index (χ0v) is 12.2. The van der Waals surface area contributed by atoms with E-state index in [2.05, 4.69) is 9.97 Å². The molecule has 0 radical (unpaired) electrons. The number of aryl methyl sites for hydroxylation is 1. The van der Waals surface area contributed by atoms with Crippen LogP contribution in [0.4, 0.5) is 5.95 Å². The summed E-state index contributed by atoms with van der Waals surface area (Å²) in [5, 5.41) is 0. The lowest BCUT2D eigenvalue weighted by atomic mass is 10.2. The van der Waals surface area contributed by atoms with Crippen molar-refractivity contribution in [2.24, 2.45) is 7.05 Å². The van der Waals surface area contributed by atoms with Gasteiger partial charge in [-0.15, -0.1) is 0 Å². The van der Waals surface area contributed by atoms with Crippen LogP contribution >= 0.6 is 0 Å². The van der Waals surface area contributed by atoms with Gasteiger partial charge >= 0.3 is 0 Å². The van der Waals surface area contributed by atoms with Crippen molar-refractivity contribution < 1.29 is 9.53 Å². The number of anilines is 1. The smallest absolute Gasteiger partial charge is 0.259 e. The van der Waals surface area contributed by atoms with Gasteiger partial charge in [0.2, 0.25) is 5.95 Å². The molecule has 2 N–H and O–H groups in total. The van der Waals surface area contributed by atoms with Gasteiger partial charge in [0.25, 0.3) is 11.5 Å². The van der Waals surface area contributed by atoms with E-state index in [1.165, 1.54) is 23.9 Å². The molecule has 3 rings (SSSR count). The van der Waals surface area contributed by atoms with Gasteiger partial charge < -0.3 is 19.9 Å². The second-order valence-electron chi connectivity index (χ2n) is 5.07. The van der Waals surface area contributed by atoms with Gasteiger partial charge in [0.15, 0.2) is 0 Å².